The van der Waals surface area contributed by atoms with Gasteiger partial charge >= 0.3 is 11.9 Å². The van der Waals surface area contributed by atoms with Gasteiger partial charge in [0.15, 0.2) is 6.10 Å². The topological polar surface area (TPSA) is 72.8 Å². The summed E-state index contributed by atoms with van der Waals surface area (Å²) in [7, 11) is 0. The van der Waals surface area contributed by atoms with Crippen molar-refractivity contribution in [3.05, 3.63) is 97.2 Å². The summed E-state index contributed by atoms with van der Waals surface area (Å²) in [5, 5.41) is 9.54. The van der Waals surface area contributed by atoms with E-state index in [1.807, 2.05) is 0 Å². The maximum Gasteiger partial charge on any atom is 0.306 e. The van der Waals surface area contributed by atoms with Crippen LogP contribution in [0.5, 0.6) is 0 Å². The maximum atomic E-state index is 12.2. The van der Waals surface area contributed by atoms with Crippen LogP contribution in [-0.4, -0.2) is 36.4 Å². The average Bonchev–Trinajstić information content (AvgIpc) is 3.17. The number of aliphatic hydroxyl groups is 1. The fourth-order valence-electron chi connectivity index (χ4n) is 5.63. The highest BCUT2D eigenvalue weighted by atomic mass is 16.6. The van der Waals surface area contributed by atoms with Gasteiger partial charge in [-0.3, -0.25) is 9.59 Å². The van der Waals surface area contributed by atoms with E-state index < -0.39 is 6.10 Å². The molecule has 1 unspecified atom stereocenters. The highest BCUT2D eigenvalue weighted by molar-refractivity contribution is 5.70. The molecule has 0 saturated carbocycles. The second-order valence-corrected chi connectivity index (χ2v) is 14.0. The minimum Gasteiger partial charge on any atom is -0.462 e. The third-order valence-corrected chi connectivity index (χ3v) is 8.89. The molecule has 306 valence electrons. The highest BCUT2D eigenvalue weighted by Crippen LogP contribution is 2.12. The van der Waals surface area contributed by atoms with Crippen LogP contribution in [0.15, 0.2) is 97.2 Å². The van der Waals surface area contributed by atoms with E-state index in [-0.39, 0.29) is 25.2 Å². The van der Waals surface area contributed by atoms with Crippen LogP contribution >= 0.6 is 0 Å². The average molecular weight is 749 g/mol. The minimum absolute atomic E-state index is 0.0758. The Morgan fingerprint density at radius 1 is 0.444 bits per heavy atom. The number of carbonyl (C=O) groups excluding carboxylic acids is 2. The smallest absolute Gasteiger partial charge is 0.306 e. The van der Waals surface area contributed by atoms with Crippen LogP contribution < -0.4 is 0 Å². The molecule has 0 heterocycles. The Kier molecular flexibility index (Phi) is 41.6. The second kappa shape index (κ2) is 44.2. The summed E-state index contributed by atoms with van der Waals surface area (Å²) < 4.78 is 10.6. The third-order valence-electron chi connectivity index (χ3n) is 8.89. The number of carbonyl (C=O) groups is 2. The summed E-state index contributed by atoms with van der Waals surface area (Å²) in [5.41, 5.74) is 0. The van der Waals surface area contributed by atoms with E-state index in [0.717, 1.165) is 96.3 Å². The van der Waals surface area contributed by atoms with Crippen molar-refractivity contribution in [2.75, 3.05) is 13.2 Å². The first kappa shape index (κ1) is 50.8. The molecule has 0 aromatic carbocycles. The molecule has 0 spiro atoms. The van der Waals surface area contributed by atoms with E-state index in [9.17, 15) is 14.7 Å². The fourth-order valence-corrected chi connectivity index (χ4v) is 5.63. The van der Waals surface area contributed by atoms with Gasteiger partial charge in [-0.25, -0.2) is 0 Å². The summed E-state index contributed by atoms with van der Waals surface area (Å²) in [4.78, 5) is 24.2. The molecule has 0 fully saturated rings. The molecule has 0 aliphatic carbocycles. The lowest BCUT2D eigenvalue weighted by Crippen LogP contribution is -2.28. The molecule has 5 heteroatoms. The molecule has 5 nitrogen and oxygen atoms in total. The molecule has 0 amide bonds. The van der Waals surface area contributed by atoms with Gasteiger partial charge in [-0.2, -0.15) is 0 Å². The lowest BCUT2D eigenvalue weighted by molar-refractivity contribution is -0.161. The van der Waals surface area contributed by atoms with E-state index in [1.165, 1.54) is 57.8 Å². The summed E-state index contributed by atoms with van der Waals surface area (Å²) in [6.45, 7) is 3.97. The fraction of sp³-hybridized carbons (Fsp3) is 0.633. The molecule has 1 atom stereocenters. The first-order chi connectivity index (χ1) is 26.6. The van der Waals surface area contributed by atoms with Crippen molar-refractivity contribution < 1.29 is 24.2 Å². The van der Waals surface area contributed by atoms with Crippen LogP contribution in [0.25, 0.3) is 0 Å². The van der Waals surface area contributed by atoms with E-state index >= 15 is 0 Å². The summed E-state index contributed by atoms with van der Waals surface area (Å²) in [6.07, 6.45) is 62.0. The molecule has 0 aromatic heterocycles. The molecule has 0 aliphatic rings. The van der Waals surface area contributed by atoms with Gasteiger partial charge in [0.1, 0.15) is 6.61 Å². The van der Waals surface area contributed by atoms with Gasteiger partial charge in [-0.1, -0.05) is 188 Å². The molecular weight excluding hydrogens is 669 g/mol. The van der Waals surface area contributed by atoms with E-state index in [1.54, 1.807) is 0 Å². The first-order valence-corrected chi connectivity index (χ1v) is 21.8. The summed E-state index contributed by atoms with van der Waals surface area (Å²) >= 11 is 0. The lowest BCUT2D eigenvalue weighted by Gasteiger charge is -2.15. The standard InChI is InChI=1S/C49H80O5/c1-3-5-7-9-11-13-14-15-16-17-18-19-20-21-22-23-24-25-26-27-28-29-30-31-32-33-34-36-38-40-42-44-49(52)54-47(45-50)46-53-48(51)43-41-39-37-35-12-10-8-6-4-2/h5,7,11,13,15-16,18-19,21-22,24-25,27-28,30-31,47,50H,3-4,6,8-10,12,14,17,20,23,26,29,32-46H2,1-2H3/b7-5-,13-11-,16-15-,19-18-,22-21-,25-24-,28-27-,31-30-. The molecule has 0 radical (unpaired) electrons. The van der Waals surface area contributed by atoms with Gasteiger partial charge in [0.25, 0.3) is 0 Å². The van der Waals surface area contributed by atoms with E-state index in [2.05, 4.69) is 111 Å². The number of ether oxygens (including phenoxy) is 2. The number of unbranched alkanes of at least 4 members (excludes halogenated alkanes) is 14. The zero-order chi connectivity index (χ0) is 39.3. The molecule has 0 aromatic rings. The predicted octanol–water partition coefficient (Wildman–Crippen LogP) is 14.1. The molecule has 0 aliphatic heterocycles. The molecule has 0 rings (SSSR count). The third kappa shape index (κ3) is 41.6. The van der Waals surface area contributed by atoms with Crippen molar-refractivity contribution in [2.24, 2.45) is 0 Å². The first-order valence-electron chi connectivity index (χ1n) is 21.8. The van der Waals surface area contributed by atoms with E-state index in [4.69, 9.17) is 9.47 Å². The van der Waals surface area contributed by atoms with Crippen molar-refractivity contribution in [3.63, 3.8) is 0 Å². The number of hydrogen-bond donors (Lipinski definition) is 1. The van der Waals surface area contributed by atoms with Crippen molar-refractivity contribution in [2.45, 2.75) is 187 Å². The quantitative estimate of drug-likeness (QED) is 0.0387. The number of rotatable bonds is 38. The maximum absolute atomic E-state index is 12.2. The zero-order valence-electron chi connectivity index (χ0n) is 34.7. The molecule has 54 heavy (non-hydrogen) atoms. The normalized spacial score (nSPS) is 13.2. The van der Waals surface area contributed by atoms with Gasteiger partial charge in [0.05, 0.1) is 6.61 Å². The van der Waals surface area contributed by atoms with Crippen molar-refractivity contribution in [3.8, 4) is 0 Å². The zero-order valence-corrected chi connectivity index (χ0v) is 34.7. The van der Waals surface area contributed by atoms with Crippen molar-refractivity contribution >= 4 is 11.9 Å². The van der Waals surface area contributed by atoms with Crippen LogP contribution in [-0.2, 0) is 19.1 Å². The molecule has 0 bridgehead atoms. The Morgan fingerprint density at radius 3 is 1.20 bits per heavy atom. The number of allylic oxidation sites excluding steroid dienone is 16. The Labute approximate surface area is 332 Å². The largest absolute Gasteiger partial charge is 0.462 e. The minimum atomic E-state index is -0.782. The number of esters is 2. The van der Waals surface area contributed by atoms with Gasteiger partial charge in [0, 0.05) is 12.8 Å². The SMILES string of the molecule is CC/C=C\C/C=C\C/C=C\C/C=C\C/C=C\C/C=C\C/C=C\C/C=C\CCCCCCCCC(=O)OC(CO)COC(=O)CCCCCCCCCCC. The summed E-state index contributed by atoms with van der Waals surface area (Å²) in [5.74, 6) is -0.618. The van der Waals surface area contributed by atoms with Crippen molar-refractivity contribution in [1.82, 2.24) is 0 Å². The number of hydrogen-bond acceptors (Lipinski definition) is 5. The Balaban J connectivity index is 3.63. The van der Waals surface area contributed by atoms with Gasteiger partial charge < -0.3 is 14.6 Å². The molecular formula is C49H80O5. The lowest BCUT2D eigenvalue weighted by atomic mass is 10.1. The van der Waals surface area contributed by atoms with Crippen LogP contribution in [0, 0.1) is 0 Å². The van der Waals surface area contributed by atoms with Gasteiger partial charge in [-0.15, -0.1) is 0 Å². The van der Waals surface area contributed by atoms with Crippen LogP contribution in [0.4, 0.5) is 0 Å². The molecule has 0 saturated heterocycles. The monoisotopic (exact) mass is 749 g/mol. The molecule has 1 N–H and O–H groups in total. The van der Waals surface area contributed by atoms with E-state index in [0.29, 0.717) is 12.8 Å². The second-order valence-electron chi connectivity index (χ2n) is 14.0. The Morgan fingerprint density at radius 2 is 0.796 bits per heavy atom. The van der Waals surface area contributed by atoms with Gasteiger partial charge in [0.2, 0.25) is 0 Å². The number of aliphatic hydroxyl groups excluding tert-OH is 1. The van der Waals surface area contributed by atoms with Crippen molar-refractivity contribution in [1.29, 1.82) is 0 Å². The summed E-state index contributed by atoms with van der Waals surface area (Å²) in [6, 6.07) is 0. The van der Waals surface area contributed by atoms with Gasteiger partial charge in [-0.05, 0) is 77.0 Å². The van der Waals surface area contributed by atoms with Crippen LogP contribution in [0.3, 0.4) is 0 Å². The van der Waals surface area contributed by atoms with Crippen LogP contribution in [0.2, 0.25) is 0 Å². The van der Waals surface area contributed by atoms with Crippen LogP contribution in [0.1, 0.15) is 181 Å². The Bertz CT molecular complexity index is 1070. The highest BCUT2D eigenvalue weighted by Gasteiger charge is 2.16. The predicted molar refractivity (Wildman–Crippen MR) is 232 cm³/mol. The Hall–Kier alpha value is -3.18.